The molecule has 0 saturated heterocycles. The lowest BCUT2D eigenvalue weighted by molar-refractivity contribution is 0.261. The minimum atomic E-state index is -0.393. The van der Waals surface area contributed by atoms with Gasteiger partial charge in [-0.15, -0.1) is 0 Å². The van der Waals surface area contributed by atoms with Crippen molar-refractivity contribution in [3.63, 3.8) is 0 Å². The molecule has 1 saturated carbocycles. The number of nitrogens with one attached hydrogen (secondary N) is 1. The molecule has 0 bridgehead atoms. The molecule has 0 spiro atoms. The Bertz CT molecular complexity index is 210. The van der Waals surface area contributed by atoms with Crippen LogP contribution in [0.25, 0.3) is 0 Å². The van der Waals surface area contributed by atoms with Gasteiger partial charge in [0.2, 0.25) is 0 Å². The summed E-state index contributed by atoms with van der Waals surface area (Å²) in [6, 6.07) is 0. The Morgan fingerprint density at radius 3 is 2.54 bits per heavy atom. The van der Waals surface area contributed by atoms with Gasteiger partial charge in [-0.25, -0.2) is 5.43 Å². The number of hydrogen-bond donors (Lipinski definition) is 2. The monoisotopic (exact) mass is 200 g/mol. The van der Waals surface area contributed by atoms with Crippen LogP contribution in [0.5, 0.6) is 0 Å². The molecule has 1 amide bonds. The minimum absolute atomic E-state index is 0.393. The molecule has 0 aromatic rings. The Balaban J connectivity index is 2.39. The van der Waals surface area contributed by atoms with E-state index in [2.05, 4.69) is 23.2 Å². The van der Waals surface area contributed by atoms with Crippen molar-refractivity contribution in [2.24, 2.45) is 11.0 Å². The second-order valence-corrected chi connectivity index (χ2v) is 3.91. The molecule has 3 nitrogen and oxygen atoms in total. The molecule has 4 heteroatoms. The molecular weight excluding hydrogens is 184 g/mol. The van der Waals surface area contributed by atoms with E-state index < -0.39 is 5.24 Å². The molecule has 0 aliphatic heterocycles. The van der Waals surface area contributed by atoms with E-state index >= 15 is 0 Å². The number of nitrogens with zero attached hydrogens (tertiary/aromatic N) is 1. The van der Waals surface area contributed by atoms with E-state index in [1.54, 1.807) is 0 Å². The van der Waals surface area contributed by atoms with Crippen molar-refractivity contribution in [2.45, 2.75) is 39.0 Å². The Hall–Kier alpha value is -0.510. The maximum atomic E-state index is 10.5. The van der Waals surface area contributed by atoms with Crippen molar-refractivity contribution in [3.8, 4) is 0 Å². The van der Waals surface area contributed by atoms with Crippen LogP contribution in [0.1, 0.15) is 39.0 Å². The molecule has 1 aliphatic rings. The van der Waals surface area contributed by atoms with Crippen LogP contribution in [-0.4, -0.2) is 11.0 Å². The van der Waals surface area contributed by atoms with Crippen molar-refractivity contribution < 1.29 is 4.79 Å². The molecule has 1 fully saturated rings. The van der Waals surface area contributed by atoms with Gasteiger partial charge >= 0.3 is 0 Å². The predicted octanol–water partition coefficient (Wildman–Crippen LogP) is 2.58. The van der Waals surface area contributed by atoms with Crippen molar-refractivity contribution in [2.75, 3.05) is 0 Å². The lowest BCUT2D eigenvalue weighted by atomic mass is 9.86. The lowest BCUT2D eigenvalue weighted by Crippen LogP contribution is -2.19. The topological polar surface area (TPSA) is 41.5 Å². The van der Waals surface area contributed by atoms with Crippen molar-refractivity contribution >= 4 is 23.6 Å². The third kappa shape index (κ3) is 3.81. The highest BCUT2D eigenvalue weighted by Crippen LogP contribution is 2.24. The summed E-state index contributed by atoms with van der Waals surface area (Å²) in [4.78, 5) is 10.5. The third-order valence-electron chi connectivity index (χ3n) is 2.52. The predicted molar refractivity (Wildman–Crippen MR) is 57.2 cm³/mol. The Morgan fingerprint density at radius 1 is 1.38 bits per heavy atom. The molecule has 0 aromatic heterocycles. The fraction of sp³-hybridized carbons (Fsp3) is 0.778. The molecule has 74 valence electrons. The van der Waals surface area contributed by atoms with Crippen LogP contribution < -0.4 is 5.43 Å². The number of hydrazone groups is 1. The summed E-state index contributed by atoms with van der Waals surface area (Å²) >= 11 is 3.58. The Labute approximate surface area is 84.4 Å². The first-order valence-corrected chi connectivity index (χ1v) is 5.18. The van der Waals surface area contributed by atoms with Crippen LogP contribution in [0.4, 0.5) is 4.79 Å². The zero-order valence-electron chi connectivity index (χ0n) is 7.92. The lowest BCUT2D eigenvalue weighted by Gasteiger charge is -2.20. The van der Waals surface area contributed by atoms with E-state index in [-0.39, 0.29) is 0 Å². The average molecular weight is 200 g/mol. The molecule has 0 atom stereocenters. The molecule has 1 N–H and O–H groups in total. The average Bonchev–Trinajstić information content (AvgIpc) is 2.15. The van der Waals surface area contributed by atoms with E-state index in [1.807, 2.05) is 6.92 Å². The number of carbonyl (C=O) groups excluding carboxylic acids is 1. The number of hydrogen-bond acceptors (Lipinski definition) is 2. The summed E-state index contributed by atoms with van der Waals surface area (Å²) in [5.74, 6) is 0.564. The highest BCUT2D eigenvalue weighted by Gasteiger charge is 2.15. The molecule has 1 aliphatic carbocycles. The fourth-order valence-corrected chi connectivity index (χ4v) is 1.80. The first-order valence-electron chi connectivity index (χ1n) is 4.73. The zero-order valence-corrected chi connectivity index (χ0v) is 8.81. The Kier molecular flexibility index (Phi) is 4.28. The van der Waals surface area contributed by atoms with Gasteiger partial charge in [0.05, 0.1) is 0 Å². The summed E-state index contributed by atoms with van der Waals surface area (Å²) in [5, 5.41) is 3.59. The first kappa shape index (κ1) is 10.6. The summed E-state index contributed by atoms with van der Waals surface area (Å²) in [5.41, 5.74) is 3.39. The van der Waals surface area contributed by atoms with Gasteiger partial charge < -0.3 is 0 Å². The molecule has 0 radical (unpaired) electrons. The quantitative estimate of drug-likeness (QED) is 0.401. The van der Waals surface area contributed by atoms with Gasteiger partial charge in [-0.05, 0) is 25.7 Å². The van der Waals surface area contributed by atoms with Crippen LogP contribution in [0.2, 0.25) is 0 Å². The number of thiol groups is 1. The fourth-order valence-electron chi connectivity index (χ4n) is 1.75. The largest absolute Gasteiger partial charge is 0.296 e. The third-order valence-corrected chi connectivity index (χ3v) is 2.62. The van der Waals surface area contributed by atoms with Crippen LogP contribution in [0.3, 0.4) is 0 Å². The van der Waals surface area contributed by atoms with Gasteiger partial charge in [-0.2, -0.15) is 5.10 Å². The van der Waals surface area contributed by atoms with Crippen molar-refractivity contribution in [1.29, 1.82) is 0 Å². The van der Waals surface area contributed by atoms with E-state index in [0.29, 0.717) is 5.92 Å². The standard InChI is InChI=1S/C9H16N2OS/c1-7(10-11-9(12)13)8-5-3-2-4-6-8/h8H,2-6H2,1H3,(H2,11,12,13). The van der Waals surface area contributed by atoms with Crippen LogP contribution in [0, 0.1) is 5.92 Å². The summed E-state index contributed by atoms with van der Waals surface area (Å²) < 4.78 is 0. The molecule has 1 rings (SSSR count). The molecular formula is C9H16N2OS. The number of rotatable bonds is 2. The number of carbonyl (C=O) groups is 1. The molecule has 13 heavy (non-hydrogen) atoms. The highest BCUT2D eigenvalue weighted by atomic mass is 32.1. The van der Waals surface area contributed by atoms with Gasteiger partial charge in [-0.1, -0.05) is 31.9 Å². The van der Waals surface area contributed by atoms with Crippen LogP contribution >= 0.6 is 12.6 Å². The van der Waals surface area contributed by atoms with Crippen molar-refractivity contribution in [3.05, 3.63) is 0 Å². The second kappa shape index (κ2) is 5.27. The Morgan fingerprint density at radius 2 is 2.00 bits per heavy atom. The summed E-state index contributed by atoms with van der Waals surface area (Å²) in [6.45, 7) is 1.97. The normalized spacial score (nSPS) is 20.0. The van der Waals surface area contributed by atoms with Gasteiger partial charge in [0.15, 0.2) is 0 Å². The van der Waals surface area contributed by atoms with Gasteiger partial charge in [0, 0.05) is 5.71 Å². The van der Waals surface area contributed by atoms with Gasteiger partial charge in [0.25, 0.3) is 5.24 Å². The minimum Gasteiger partial charge on any atom is -0.260 e. The van der Waals surface area contributed by atoms with Crippen molar-refractivity contribution in [1.82, 2.24) is 5.43 Å². The van der Waals surface area contributed by atoms with E-state index in [1.165, 1.54) is 32.1 Å². The first-order chi connectivity index (χ1) is 6.20. The van der Waals surface area contributed by atoms with E-state index in [0.717, 1.165) is 5.71 Å². The summed E-state index contributed by atoms with van der Waals surface area (Å²) in [7, 11) is 0. The maximum Gasteiger partial charge on any atom is 0.296 e. The molecule has 0 heterocycles. The van der Waals surface area contributed by atoms with Gasteiger partial charge in [-0.3, -0.25) is 4.79 Å². The highest BCUT2D eigenvalue weighted by molar-refractivity contribution is 7.96. The van der Waals surface area contributed by atoms with Crippen LogP contribution in [0.15, 0.2) is 5.10 Å². The SMILES string of the molecule is CC(=NNC(=O)S)C1CCCCC1. The molecule has 0 aromatic carbocycles. The summed E-state index contributed by atoms with van der Waals surface area (Å²) in [6.07, 6.45) is 6.32. The van der Waals surface area contributed by atoms with Crippen LogP contribution in [-0.2, 0) is 0 Å². The smallest absolute Gasteiger partial charge is 0.260 e. The number of amides is 1. The molecule has 0 unspecified atom stereocenters. The van der Waals surface area contributed by atoms with E-state index in [4.69, 9.17) is 0 Å². The zero-order chi connectivity index (χ0) is 9.68. The van der Waals surface area contributed by atoms with E-state index in [9.17, 15) is 4.79 Å². The second-order valence-electron chi connectivity index (χ2n) is 3.51. The van der Waals surface area contributed by atoms with Gasteiger partial charge in [0.1, 0.15) is 0 Å². The maximum absolute atomic E-state index is 10.5.